The molecule has 0 saturated heterocycles. The number of pyridine rings is 1. The van der Waals surface area contributed by atoms with E-state index in [2.05, 4.69) is 57.0 Å². The molecule has 1 aromatic heterocycles. The highest BCUT2D eigenvalue weighted by Gasteiger charge is 2.10. The summed E-state index contributed by atoms with van der Waals surface area (Å²) in [5.74, 6) is 0.947. The molecule has 2 N–H and O–H groups in total. The van der Waals surface area contributed by atoms with Crippen molar-refractivity contribution in [1.82, 2.24) is 4.98 Å². The fourth-order valence-corrected chi connectivity index (χ4v) is 2.18. The summed E-state index contributed by atoms with van der Waals surface area (Å²) < 4.78 is 0.985. The maximum Gasteiger partial charge on any atom is 0.132 e. The first-order valence-corrected chi connectivity index (χ1v) is 7.16. The van der Waals surface area contributed by atoms with E-state index in [1.165, 1.54) is 5.56 Å². The molecule has 0 amide bonds. The van der Waals surface area contributed by atoms with Gasteiger partial charge < -0.3 is 10.6 Å². The van der Waals surface area contributed by atoms with Crippen molar-refractivity contribution in [2.45, 2.75) is 13.3 Å². The van der Waals surface area contributed by atoms with Crippen molar-refractivity contribution in [3.8, 4) is 0 Å². The van der Waals surface area contributed by atoms with Gasteiger partial charge in [-0.2, -0.15) is 0 Å². The molecule has 0 aliphatic carbocycles. The molecule has 4 heteroatoms. The van der Waals surface area contributed by atoms with Crippen molar-refractivity contribution in [1.29, 1.82) is 0 Å². The van der Waals surface area contributed by atoms with Crippen LogP contribution in [0, 0.1) is 6.92 Å². The van der Waals surface area contributed by atoms with Crippen LogP contribution in [0.1, 0.15) is 12.0 Å². The van der Waals surface area contributed by atoms with Gasteiger partial charge in [-0.1, -0.05) is 12.1 Å². The third kappa shape index (κ3) is 3.78. The van der Waals surface area contributed by atoms with Gasteiger partial charge in [0.1, 0.15) is 5.82 Å². The predicted octanol–water partition coefficient (Wildman–Crippen LogP) is 3.64. The van der Waals surface area contributed by atoms with E-state index in [0.29, 0.717) is 6.54 Å². The molecular weight excluding hydrogens is 302 g/mol. The molecule has 1 heterocycles. The molecule has 3 nitrogen and oxygen atoms in total. The number of benzene rings is 1. The summed E-state index contributed by atoms with van der Waals surface area (Å²) in [5.41, 5.74) is 8.03. The van der Waals surface area contributed by atoms with Crippen molar-refractivity contribution in [3.63, 3.8) is 0 Å². The Morgan fingerprint density at radius 1 is 1.26 bits per heavy atom. The average molecular weight is 320 g/mol. The first-order chi connectivity index (χ1) is 9.20. The molecule has 0 atom stereocenters. The van der Waals surface area contributed by atoms with Gasteiger partial charge in [-0.15, -0.1) is 0 Å². The van der Waals surface area contributed by atoms with Crippen LogP contribution in [0.25, 0.3) is 0 Å². The number of rotatable bonds is 5. The van der Waals surface area contributed by atoms with Gasteiger partial charge in [-0.25, -0.2) is 4.98 Å². The smallest absolute Gasteiger partial charge is 0.132 e. The normalized spacial score (nSPS) is 10.5. The zero-order valence-electron chi connectivity index (χ0n) is 11.0. The summed E-state index contributed by atoms with van der Waals surface area (Å²) in [4.78, 5) is 6.68. The van der Waals surface area contributed by atoms with E-state index in [0.717, 1.165) is 28.9 Å². The molecule has 1 aromatic carbocycles. The molecule has 0 unspecified atom stereocenters. The summed E-state index contributed by atoms with van der Waals surface area (Å²) in [5, 5.41) is 0. The van der Waals surface area contributed by atoms with Crippen molar-refractivity contribution >= 4 is 27.4 Å². The number of hydrogen-bond acceptors (Lipinski definition) is 3. The van der Waals surface area contributed by atoms with Crippen LogP contribution in [0.2, 0.25) is 0 Å². The number of nitrogens with zero attached hydrogens (tertiary/aromatic N) is 2. The molecular formula is C15H18BrN3. The van der Waals surface area contributed by atoms with Gasteiger partial charge in [-0.05, 0) is 65.6 Å². The molecule has 0 bridgehead atoms. The second-order valence-corrected chi connectivity index (χ2v) is 5.38. The monoisotopic (exact) mass is 319 g/mol. The second kappa shape index (κ2) is 6.68. The van der Waals surface area contributed by atoms with E-state index >= 15 is 0 Å². The zero-order valence-corrected chi connectivity index (χ0v) is 12.6. The molecule has 0 saturated carbocycles. The predicted molar refractivity (Wildman–Crippen MR) is 83.8 cm³/mol. The second-order valence-electron chi connectivity index (χ2n) is 4.47. The van der Waals surface area contributed by atoms with Crippen LogP contribution in [0.4, 0.5) is 11.5 Å². The minimum absolute atomic E-state index is 0.679. The van der Waals surface area contributed by atoms with E-state index in [9.17, 15) is 0 Å². The molecule has 19 heavy (non-hydrogen) atoms. The Hall–Kier alpha value is -1.39. The third-order valence-electron chi connectivity index (χ3n) is 2.89. The topological polar surface area (TPSA) is 42.1 Å². The number of hydrogen-bond donors (Lipinski definition) is 1. The van der Waals surface area contributed by atoms with Crippen LogP contribution in [0.15, 0.2) is 47.1 Å². The molecule has 2 aromatic rings. The highest BCUT2D eigenvalue weighted by atomic mass is 79.9. The Bertz CT molecular complexity index is 525. The molecule has 0 aliphatic heterocycles. The maximum absolute atomic E-state index is 5.63. The number of anilines is 2. The van der Waals surface area contributed by atoms with E-state index in [1.54, 1.807) is 0 Å². The summed E-state index contributed by atoms with van der Waals surface area (Å²) in [7, 11) is 0. The van der Waals surface area contributed by atoms with Crippen LogP contribution >= 0.6 is 15.9 Å². The van der Waals surface area contributed by atoms with Gasteiger partial charge in [0.2, 0.25) is 0 Å². The minimum Gasteiger partial charge on any atom is -0.330 e. The number of aromatic nitrogens is 1. The number of halogens is 1. The van der Waals surface area contributed by atoms with E-state index in [1.807, 2.05) is 18.3 Å². The lowest BCUT2D eigenvalue weighted by atomic mass is 10.2. The first-order valence-electron chi connectivity index (χ1n) is 6.36. The molecule has 2 rings (SSSR count). The van der Waals surface area contributed by atoms with Crippen LogP contribution in [-0.4, -0.2) is 18.1 Å². The van der Waals surface area contributed by atoms with Crippen molar-refractivity contribution in [2.75, 3.05) is 18.0 Å². The quantitative estimate of drug-likeness (QED) is 0.914. The van der Waals surface area contributed by atoms with Crippen LogP contribution in [-0.2, 0) is 0 Å². The van der Waals surface area contributed by atoms with Crippen molar-refractivity contribution in [2.24, 2.45) is 5.73 Å². The number of aryl methyl sites for hydroxylation is 1. The summed E-state index contributed by atoms with van der Waals surface area (Å²) in [6.45, 7) is 3.65. The summed E-state index contributed by atoms with van der Waals surface area (Å²) >= 11 is 3.41. The van der Waals surface area contributed by atoms with E-state index in [4.69, 9.17) is 5.73 Å². The van der Waals surface area contributed by atoms with Gasteiger partial charge in [0.25, 0.3) is 0 Å². The molecule has 0 fully saturated rings. The number of nitrogens with two attached hydrogens (primary N) is 1. The Labute approximate surface area is 122 Å². The Morgan fingerprint density at radius 2 is 2.11 bits per heavy atom. The molecule has 0 spiro atoms. The third-order valence-corrected chi connectivity index (χ3v) is 3.36. The molecule has 0 radical (unpaired) electrons. The van der Waals surface area contributed by atoms with E-state index in [-0.39, 0.29) is 0 Å². The molecule has 100 valence electrons. The highest BCUT2D eigenvalue weighted by molar-refractivity contribution is 9.10. The lowest BCUT2D eigenvalue weighted by molar-refractivity contribution is 0.810. The largest absolute Gasteiger partial charge is 0.330 e. The Balaban J connectivity index is 2.32. The van der Waals surface area contributed by atoms with Gasteiger partial charge in [0.15, 0.2) is 0 Å². The fraction of sp³-hybridized carbons (Fsp3) is 0.267. The summed E-state index contributed by atoms with van der Waals surface area (Å²) in [6.07, 6.45) is 2.76. The van der Waals surface area contributed by atoms with Gasteiger partial charge >= 0.3 is 0 Å². The van der Waals surface area contributed by atoms with Crippen molar-refractivity contribution < 1.29 is 0 Å². The Kier molecular flexibility index (Phi) is 4.93. The standard InChI is InChI=1S/C15H18BrN3/c1-12-4-2-5-14(10-12)19(9-3-8-17)15-7-6-13(16)11-18-15/h2,4-7,10-11H,3,8-9,17H2,1H3. The van der Waals surface area contributed by atoms with Crippen LogP contribution in [0.3, 0.4) is 0 Å². The Morgan fingerprint density at radius 3 is 2.74 bits per heavy atom. The van der Waals surface area contributed by atoms with Gasteiger partial charge in [-0.3, -0.25) is 0 Å². The fourth-order valence-electron chi connectivity index (χ4n) is 1.95. The van der Waals surface area contributed by atoms with Crippen LogP contribution in [0.5, 0.6) is 0 Å². The van der Waals surface area contributed by atoms with Crippen molar-refractivity contribution in [3.05, 3.63) is 52.6 Å². The van der Waals surface area contributed by atoms with Crippen LogP contribution < -0.4 is 10.6 Å². The highest BCUT2D eigenvalue weighted by Crippen LogP contribution is 2.25. The summed E-state index contributed by atoms with van der Waals surface area (Å²) in [6, 6.07) is 12.5. The van der Waals surface area contributed by atoms with Gasteiger partial charge in [0.05, 0.1) is 0 Å². The first kappa shape index (κ1) is 14.0. The lowest BCUT2D eigenvalue weighted by Gasteiger charge is -2.24. The van der Waals surface area contributed by atoms with E-state index < -0.39 is 0 Å². The average Bonchev–Trinajstić information content (AvgIpc) is 2.41. The van der Waals surface area contributed by atoms with Gasteiger partial charge in [0, 0.05) is 22.9 Å². The SMILES string of the molecule is Cc1cccc(N(CCCN)c2ccc(Br)cn2)c1. The maximum atomic E-state index is 5.63. The zero-order chi connectivity index (χ0) is 13.7. The minimum atomic E-state index is 0.679. The molecule has 0 aliphatic rings. The lowest BCUT2D eigenvalue weighted by Crippen LogP contribution is -2.21.